The molecule has 0 radical (unpaired) electrons. The standard InChI is InChI=1S/C9H10ClNO3S/c1-5(4-12)15-7-3-2-6(10)8(11-7)9(13)14/h2-3,5,12H,4H2,1H3,(H,13,14). The van der Waals surface area contributed by atoms with Crippen molar-refractivity contribution in [2.45, 2.75) is 17.2 Å². The van der Waals surface area contributed by atoms with Gasteiger partial charge >= 0.3 is 5.97 Å². The van der Waals surface area contributed by atoms with E-state index in [0.29, 0.717) is 5.03 Å². The second-order valence-corrected chi connectivity index (χ2v) is 4.76. The molecule has 0 spiro atoms. The number of halogens is 1. The zero-order chi connectivity index (χ0) is 11.4. The van der Waals surface area contributed by atoms with Crippen molar-refractivity contribution in [2.75, 3.05) is 6.61 Å². The molecule has 0 amide bonds. The minimum absolute atomic E-state index is 0.0113. The molecule has 0 fully saturated rings. The molecule has 1 aromatic rings. The fourth-order valence-electron chi connectivity index (χ4n) is 0.883. The molecule has 1 unspecified atom stereocenters. The zero-order valence-corrected chi connectivity index (χ0v) is 9.55. The number of carboxylic acid groups (broad SMARTS) is 1. The molecule has 2 N–H and O–H groups in total. The van der Waals surface area contributed by atoms with Crippen LogP contribution < -0.4 is 0 Å². The van der Waals surface area contributed by atoms with Crippen molar-refractivity contribution in [2.24, 2.45) is 0 Å². The molecule has 6 heteroatoms. The summed E-state index contributed by atoms with van der Waals surface area (Å²) < 4.78 is 0. The van der Waals surface area contributed by atoms with Crippen LogP contribution in [0, 0.1) is 0 Å². The normalized spacial score (nSPS) is 12.5. The summed E-state index contributed by atoms with van der Waals surface area (Å²) in [6.07, 6.45) is 0. The van der Waals surface area contributed by atoms with E-state index in [4.69, 9.17) is 21.8 Å². The highest BCUT2D eigenvalue weighted by atomic mass is 35.5. The van der Waals surface area contributed by atoms with Crippen molar-refractivity contribution < 1.29 is 15.0 Å². The van der Waals surface area contributed by atoms with Crippen LogP contribution in [-0.2, 0) is 0 Å². The Hall–Kier alpha value is -0.780. The first-order valence-corrected chi connectivity index (χ1v) is 5.47. The van der Waals surface area contributed by atoms with Gasteiger partial charge in [-0.25, -0.2) is 9.78 Å². The molecule has 0 aliphatic heterocycles. The van der Waals surface area contributed by atoms with Crippen molar-refractivity contribution in [1.82, 2.24) is 4.98 Å². The minimum Gasteiger partial charge on any atom is -0.476 e. The summed E-state index contributed by atoms with van der Waals surface area (Å²) in [5, 5.41) is 18.2. The second-order valence-electron chi connectivity index (χ2n) is 2.90. The highest BCUT2D eigenvalue weighted by Gasteiger charge is 2.12. The SMILES string of the molecule is CC(CO)Sc1ccc(Cl)c(C(=O)O)n1. The fraction of sp³-hybridized carbons (Fsp3) is 0.333. The van der Waals surface area contributed by atoms with Gasteiger partial charge in [-0.3, -0.25) is 0 Å². The van der Waals surface area contributed by atoms with Gasteiger partial charge in [0.15, 0.2) is 5.69 Å². The van der Waals surface area contributed by atoms with Crippen LogP contribution in [0.15, 0.2) is 17.2 Å². The molecule has 1 heterocycles. The number of aliphatic hydroxyl groups is 1. The molecule has 4 nitrogen and oxygen atoms in total. The summed E-state index contributed by atoms with van der Waals surface area (Å²) in [7, 11) is 0. The Kier molecular flexibility index (Phi) is 4.38. The summed E-state index contributed by atoms with van der Waals surface area (Å²) in [5.74, 6) is -1.15. The van der Waals surface area contributed by atoms with Gasteiger partial charge in [-0.05, 0) is 12.1 Å². The predicted octanol–water partition coefficient (Wildman–Crippen LogP) is 1.91. The lowest BCUT2D eigenvalue weighted by Gasteiger charge is -2.07. The third-order valence-electron chi connectivity index (χ3n) is 1.60. The van der Waals surface area contributed by atoms with Crippen LogP contribution >= 0.6 is 23.4 Å². The molecule has 82 valence electrons. The van der Waals surface area contributed by atoms with E-state index in [9.17, 15) is 4.79 Å². The van der Waals surface area contributed by atoms with Gasteiger partial charge in [-0.2, -0.15) is 0 Å². The minimum atomic E-state index is -1.15. The van der Waals surface area contributed by atoms with Gasteiger partial charge in [0.2, 0.25) is 0 Å². The average Bonchev–Trinajstić information content (AvgIpc) is 2.20. The number of aliphatic hydroxyl groups excluding tert-OH is 1. The molecule has 15 heavy (non-hydrogen) atoms. The van der Waals surface area contributed by atoms with Crippen LogP contribution in [0.25, 0.3) is 0 Å². The lowest BCUT2D eigenvalue weighted by atomic mass is 10.3. The highest BCUT2D eigenvalue weighted by Crippen LogP contribution is 2.24. The molecule has 0 saturated carbocycles. The number of nitrogens with zero attached hydrogens (tertiary/aromatic N) is 1. The van der Waals surface area contributed by atoms with Gasteiger partial charge in [-0.15, -0.1) is 11.8 Å². The van der Waals surface area contributed by atoms with Crippen LogP contribution in [-0.4, -0.2) is 33.0 Å². The Morgan fingerprint density at radius 3 is 2.87 bits per heavy atom. The third-order valence-corrected chi connectivity index (χ3v) is 2.93. The number of hydrogen-bond donors (Lipinski definition) is 2. The highest BCUT2D eigenvalue weighted by molar-refractivity contribution is 7.99. The van der Waals surface area contributed by atoms with E-state index in [-0.39, 0.29) is 22.6 Å². The smallest absolute Gasteiger partial charge is 0.356 e. The average molecular weight is 248 g/mol. The van der Waals surface area contributed by atoms with E-state index >= 15 is 0 Å². The molecule has 0 saturated heterocycles. The number of carbonyl (C=O) groups is 1. The van der Waals surface area contributed by atoms with Crippen molar-refractivity contribution in [3.8, 4) is 0 Å². The number of thioether (sulfide) groups is 1. The van der Waals surface area contributed by atoms with Crippen molar-refractivity contribution in [1.29, 1.82) is 0 Å². The van der Waals surface area contributed by atoms with Gasteiger partial charge < -0.3 is 10.2 Å². The summed E-state index contributed by atoms with van der Waals surface area (Å²) in [4.78, 5) is 14.6. The van der Waals surface area contributed by atoms with E-state index < -0.39 is 5.97 Å². The Bertz CT molecular complexity index is 372. The number of carboxylic acids is 1. The Morgan fingerprint density at radius 1 is 1.67 bits per heavy atom. The van der Waals surface area contributed by atoms with E-state index in [1.54, 1.807) is 6.07 Å². The third kappa shape index (κ3) is 3.37. The number of aromatic nitrogens is 1. The van der Waals surface area contributed by atoms with Gasteiger partial charge in [0.1, 0.15) is 0 Å². The van der Waals surface area contributed by atoms with Crippen LogP contribution in [0.5, 0.6) is 0 Å². The predicted molar refractivity (Wildman–Crippen MR) is 58.6 cm³/mol. The number of pyridine rings is 1. The summed E-state index contributed by atoms with van der Waals surface area (Å²) in [5.41, 5.74) is -0.160. The lowest BCUT2D eigenvalue weighted by molar-refractivity contribution is 0.0690. The van der Waals surface area contributed by atoms with Crippen molar-refractivity contribution >= 4 is 29.3 Å². The first-order valence-electron chi connectivity index (χ1n) is 4.22. The Balaban J connectivity index is 2.92. The molecule has 0 aliphatic rings. The van der Waals surface area contributed by atoms with Gasteiger partial charge in [0.05, 0.1) is 16.7 Å². The van der Waals surface area contributed by atoms with E-state index in [2.05, 4.69) is 4.98 Å². The number of hydrogen-bond acceptors (Lipinski definition) is 4. The molecule has 0 aromatic carbocycles. The maximum atomic E-state index is 10.7. The van der Waals surface area contributed by atoms with Gasteiger partial charge in [-0.1, -0.05) is 18.5 Å². The van der Waals surface area contributed by atoms with Gasteiger partial charge in [0, 0.05) is 5.25 Å². The first kappa shape index (κ1) is 12.3. The van der Waals surface area contributed by atoms with E-state index in [0.717, 1.165) is 0 Å². The lowest BCUT2D eigenvalue weighted by Crippen LogP contribution is -2.05. The second kappa shape index (κ2) is 5.34. The summed E-state index contributed by atoms with van der Waals surface area (Å²) in [6.45, 7) is 1.83. The maximum absolute atomic E-state index is 10.7. The number of rotatable bonds is 4. The van der Waals surface area contributed by atoms with Crippen LogP contribution in [0.3, 0.4) is 0 Å². The monoisotopic (exact) mass is 247 g/mol. The van der Waals surface area contributed by atoms with E-state index in [1.165, 1.54) is 17.8 Å². The molecule has 1 aromatic heterocycles. The molecular formula is C9H10ClNO3S. The molecule has 1 rings (SSSR count). The largest absolute Gasteiger partial charge is 0.476 e. The van der Waals surface area contributed by atoms with Crippen molar-refractivity contribution in [3.05, 3.63) is 22.8 Å². The molecular weight excluding hydrogens is 238 g/mol. The van der Waals surface area contributed by atoms with Crippen LogP contribution in [0.1, 0.15) is 17.4 Å². The maximum Gasteiger partial charge on any atom is 0.356 e. The van der Waals surface area contributed by atoms with Crippen LogP contribution in [0.4, 0.5) is 0 Å². The topological polar surface area (TPSA) is 70.4 Å². The zero-order valence-electron chi connectivity index (χ0n) is 7.98. The summed E-state index contributed by atoms with van der Waals surface area (Å²) in [6, 6.07) is 3.12. The van der Waals surface area contributed by atoms with Gasteiger partial charge in [0.25, 0.3) is 0 Å². The van der Waals surface area contributed by atoms with Crippen molar-refractivity contribution in [3.63, 3.8) is 0 Å². The Morgan fingerprint density at radius 2 is 2.33 bits per heavy atom. The van der Waals surface area contributed by atoms with E-state index in [1.807, 2.05) is 6.92 Å². The van der Waals surface area contributed by atoms with Crippen LogP contribution in [0.2, 0.25) is 5.02 Å². The first-order chi connectivity index (χ1) is 7.04. The summed E-state index contributed by atoms with van der Waals surface area (Å²) >= 11 is 6.96. The molecule has 1 atom stereocenters. The molecule has 0 bridgehead atoms. The fourth-order valence-corrected chi connectivity index (χ4v) is 1.85. The number of aromatic carboxylic acids is 1. The molecule has 0 aliphatic carbocycles. The Labute approximate surface area is 96.3 Å². The quantitative estimate of drug-likeness (QED) is 0.796.